The van der Waals surface area contributed by atoms with E-state index in [0.717, 1.165) is 36.2 Å². The third kappa shape index (κ3) is 4.08. The second kappa shape index (κ2) is 7.38. The fourth-order valence-electron chi connectivity index (χ4n) is 2.93. The maximum atomic E-state index is 13.4. The summed E-state index contributed by atoms with van der Waals surface area (Å²) in [5, 5.41) is 0. The number of pyridine rings is 2. The van der Waals surface area contributed by atoms with Gasteiger partial charge in [-0.25, -0.2) is 4.57 Å². The first kappa shape index (κ1) is 17.4. The van der Waals surface area contributed by atoms with E-state index in [9.17, 15) is 13.2 Å². The van der Waals surface area contributed by atoms with E-state index in [-0.39, 0.29) is 5.56 Å². The minimum Gasteiger partial charge on any atom is -0.256 e. The summed E-state index contributed by atoms with van der Waals surface area (Å²) in [6.07, 6.45) is -4.21. The van der Waals surface area contributed by atoms with Crippen molar-refractivity contribution < 1.29 is 20.5 Å². The van der Waals surface area contributed by atoms with E-state index in [1.807, 2.05) is 61.1 Å². The highest BCUT2D eigenvalue weighted by Gasteiger charge is 2.46. The molecule has 1 aromatic carbocycles. The van der Waals surface area contributed by atoms with E-state index in [4.69, 9.17) is 2.74 Å². The SMILES string of the molecule is [2H]C([2H])(c1ccc(-c2cc[n+](C)c(-c3ccccc3C)c2)nc1)C(C)(C)C(F)(F)F. The molecule has 0 N–H and O–H groups in total. The molecule has 2 nitrogen and oxygen atoms in total. The molecule has 5 heteroatoms. The molecule has 28 heavy (non-hydrogen) atoms. The van der Waals surface area contributed by atoms with Gasteiger partial charge >= 0.3 is 6.18 Å². The normalized spacial score (nSPS) is 13.8. The molecule has 3 rings (SSSR count). The third-order valence-corrected chi connectivity index (χ3v) is 4.80. The zero-order valence-corrected chi connectivity index (χ0v) is 16.3. The third-order valence-electron chi connectivity index (χ3n) is 4.80. The van der Waals surface area contributed by atoms with Crippen molar-refractivity contribution in [3.05, 3.63) is 72.1 Å². The van der Waals surface area contributed by atoms with Crippen molar-refractivity contribution in [1.29, 1.82) is 0 Å². The van der Waals surface area contributed by atoms with Gasteiger partial charge in [0, 0.05) is 32.2 Å². The number of hydrogen-bond acceptors (Lipinski definition) is 1. The minimum absolute atomic E-state index is 0.103. The lowest BCUT2D eigenvalue weighted by molar-refractivity contribution is -0.660. The molecule has 0 atom stereocenters. The van der Waals surface area contributed by atoms with Crippen LogP contribution in [0.25, 0.3) is 22.5 Å². The number of benzene rings is 1. The van der Waals surface area contributed by atoms with E-state index in [1.54, 1.807) is 6.07 Å². The number of aryl methyl sites for hydroxylation is 2. The molecule has 0 unspecified atom stereocenters. The Kier molecular flexibility index (Phi) is 4.59. The fraction of sp³-hybridized carbons (Fsp3) is 0.304. The first-order valence-electron chi connectivity index (χ1n) is 9.95. The van der Waals surface area contributed by atoms with Gasteiger partial charge < -0.3 is 0 Å². The zero-order chi connectivity index (χ0) is 22.3. The summed E-state index contributed by atoms with van der Waals surface area (Å²) >= 11 is 0. The molecular weight excluding hydrogens is 361 g/mol. The smallest absolute Gasteiger partial charge is 0.256 e. The second-order valence-electron chi connectivity index (χ2n) is 7.41. The van der Waals surface area contributed by atoms with Crippen LogP contribution in [0, 0.1) is 12.3 Å². The summed E-state index contributed by atoms with van der Waals surface area (Å²) in [5.41, 5.74) is 1.88. The Bertz CT molecular complexity index is 1060. The molecule has 0 saturated heterocycles. The standard InChI is InChI=1S/C23H24F3N2/c1-16-7-5-6-8-19(16)21-13-18(11-12-28(21)4)20-10-9-17(15-27-20)14-22(2,3)23(24,25)26/h5-13,15H,14H2,1-4H3/q+1/i14D2. The van der Waals surface area contributed by atoms with Crippen LogP contribution >= 0.6 is 0 Å². The van der Waals surface area contributed by atoms with Gasteiger partial charge in [0.1, 0.15) is 7.05 Å². The van der Waals surface area contributed by atoms with Gasteiger partial charge in [0.2, 0.25) is 5.69 Å². The molecule has 0 aliphatic carbocycles. The average molecular weight is 387 g/mol. The predicted molar refractivity (Wildman–Crippen MR) is 105 cm³/mol. The molecule has 0 spiro atoms. The Morgan fingerprint density at radius 2 is 1.79 bits per heavy atom. The molecule has 0 fully saturated rings. The maximum Gasteiger partial charge on any atom is 0.394 e. The highest BCUT2D eigenvalue weighted by atomic mass is 19.4. The summed E-state index contributed by atoms with van der Waals surface area (Å²) in [6.45, 7) is 3.76. The van der Waals surface area contributed by atoms with Crippen LogP contribution in [0.4, 0.5) is 13.2 Å². The Hall–Kier alpha value is -2.69. The van der Waals surface area contributed by atoms with Crippen molar-refractivity contribution in [3.63, 3.8) is 0 Å². The predicted octanol–water partition coefficient (Wildman–Crippen LogP) is 5.68. The molecule has 0 bridgehead atoms. The molecule has 0 radical (unpaired) electrons. The molecule has 146 valence electrons. The Morgan fingerprint density at radius 1 is 1.07 bits per heavy atom. The number of hydrogen-bond donors (Lipinski definition) is 0. The summed E-state index contributed by atoms with van der Waals surface area (Å²) in [6, 6.07) is 14.8. The lowest BCUT2D eigenvalue weighted by Gasteiger charge is -2.27. The van der Waals surface area contributed by atoms with Crippen molar-refractivity contribution in [2.45, 2.75) is 33.3 Å². The lowest BCUT2D eigenvalue weighted by Crippen LogP contribution is -2.34. The van der Waals surface area contributed by atoms with E-state index in [0.29, 0.717) is 5.69 Å². The summed E-state index contributed by atoms with van der Waals surface area (Å²) in [4.78, 5) is 4.28. The van der Waals surface area contributed by atoms with Gasteiger partial charge in [-0.1, -0.05) is 38.1 Å². The quantitative estimate of drug-likeness (QED) is 0.526. The van der Waals surface area contributed by atoms with E-state index < -0.39 is 18.0 Å². The Labute approximate surface area is 166 Å². The fourth-order valence-corrected chi connectivity index (χ4v) is 2.93. The highest BCUT2D eigenvalue weighted by molar-refractivity contribution is 5.68. The number of nitrogens with zero attached hydrogens (tertiary/aromatic N) is 2. The minimum atomic E-state index is -4.69. The lowest BCUT2D eigenvalue weighted by atomic mass is 9.85. The number of rotatable bonds is 4. The average Bonchev–Trinajstić information content (AvgIpc) is 2.68. The zero-order valence-electron chi connectivity index (χ0n) is 18.3. The monoisotopic (exact) mass is 387 g/mol. The van der Waals surface area contributed by atoms with Crippen LogP contribution in [0.1, 0.15) is 27.7 Å². The van der Waals surface area contributed by atoms with Crippen LogP contribution < -0.4 is 4.57 Å². The van der Waals surface area contributed by atoms with Gasteiger partial charge in [-0.3, -0.25) is 4.98 Å². The van der Waals surface area contributed by atoms with Crippen LogP contribution in [0.5, 0.6) is 0 Å². The van der Waals surface area contributed by atoms with Gasteiger partial charge in [-0.05, 0) is 36.6 Å². The van der Waals surface area contributed by atoms with E-state index in [2.05, 4.69) is 4.98 Å². The largest absolute Gasteiger partial charge is 0.394 e. The van der Waals surface area contributed by atoms with Crippen LogP contribution in [0.15, 0.2) is 60.9 Å². The molecule has 0 amide bonds. The van der Waals surface area contributed by atoms with Gasteiger partial charge in [0.15, 0.2) is 6.20 Å². The van der Waals surface area contributed by atoms with Crippen molar-refractivity contribution in [2.75, 3.05) is 0 Å². The topological polar surface area (TPSA) is 16.8 Å². The van der Waals surface area contributed by atoms with Gasteiger partial charge in [-0.15, -0.1) is 0 Å². The molecule has 3 aromatic rings. The van der Waals surface area contributed by atoms with Crippen molar-refractivity contribution in [2.24, 2.45) is 12.5 Å². The highest BCUT2D eigenvalue weighted by Crippen LogP contribution is 2.40. The molecule has 0 aliphatic rings. The molecule has 2 aromatic heterocycles. The first-order valence-corrected chi connectivity index (χ1v) is 8.95. The van der Waals surface area contributed by atoms with Crippen molar-refractivity contribution in [3.8, 4) is 22.5 Å². The van der Waals surface area contributed by atoms with Crippen molar-refractivity contribution >= 4 is 0 Å². The molecule has 2 heterocycles. The first-order chi connectivity index (χ1) is 13.9. The van der Waals surface area contributed by atoms with E-state index in [1.165, 1.54) is 12.3 Å². The maximum absolute atomic E-state index is 13.4. The molecular formula is C23H24F3N2+. The van der Waals surface area contributed by atoms with Gasteiger partial charge in [0.05, 0.1) is 11.1 Å². The summed E-state index contributed by atoms with van der Waals surface area (Å²) in [5.74, 6) is 0. The number of halogens is 3. The van der Waals surface area contributed by atoms with Gasteiger partial charge in [0.25, 0.3) is 0 Å². The summed E-state index contributed by atoms with van der Waals surface area (Å²) < 4.78 is 58.3. The van der Waals surface area contributed by atoms with Gasteiger partial charge in [-0.2, -0.15) is 13.2 Å². The van der Waals surface area contributed by atoms with Crippen LogP contribution in [-0.4, -0.2) is 11.2 Å². The second-order valence-corrected chi connectivity index (χ2v) is 7.41. The van der Waals surface area contributed by atoms with Crippen LogP contribution in [0.2, 0.25) is 0 Å². The number of alkyl halides is 3. The van der Waals surface area contributed by atoms with Crippen LogP contribution in [0.3, 0.4) is 0 Å². The number of aromatic nitrogens is 2. The van der Waals surface area contributed by atoms with Crippen molar-refractivity contribution in [1.82, 2.24) is 4.98 Å². The Morgan fingerprint density at radius 3 is 2.39 bits per heavy atom. The van der Waals surface area contributed by atoms with Crippen LogP contribution in [-0.2, 0) is 13.4 Å². The summed E-state index contributed by atoms with van der Waals surface area (Å²) in [7, 11) is 1.94. The van der Waals surface area contributed by atoms with E-state index >= 15 is 0 Å². The Balaban J connectivity index is 2.00. The molecule has 0 aliphatic heterocycles. The molecule has 0 saturated carbocycles.